The van der Waals surface area contributed by atoms with E-state index in [1.54, 1.807) is 6.07 Å². The summed E-state index contributed by atoms with van der Waals surface area (Å²) in [5, 5.41) is 0. The van der Waals surface area contributed by atoms with Gasteiger partial charge in [-0.1, -0.05) is 60.7 Å². The van der Waals surface area contributed by atoms with E-state index in [9.17, 15) is 18.0 Å². The number of aryl methyl sites for hydroxylation is 1. The van der Waals surface area contributed by atoms with Crippen LogP contribution in [0.5, 0.6) is 0 Å². The van der Waals surface area contributed by atoms with Gasteiger partial charge in [0.1, 0.15) is 18.0 Å². The fourth-order valence-corrected chi connectivity index (χ4v) is 3.46. The van der Waals surface area contributed by atoms with Crippen LogP contribution in [0.25, 0.3) is 22.6 Å². The zero-order valence-corrected chi connectivity index (χ0v) is 17.6. The quantitative estimate of drug-likeness (QED) is 0.322. The predicted molar refractivity (Wildman–Crippen MR) is 116 cm³/mol. The van der Waals surface area contributed by atoms with E-state index in [0.29, 0.717) is 11.5 Å². The molecule has 0 saturated heterocycles. The molecule has 0 aliphatic rings. The van der Waals surface area contributed by atoms with Crippen molar-refractivity contribution >= 4 is 5.91 Å². The van der Waals surface area contributed by atoms with Gasteiger partial charge in [0.25, 0.3) is 0 Å². The second-order valence-electron chi connectivity index (χ2n) is 7.46. The van der Waals surface area contributed by atoms with Gasteiger partial charge in [-0.15, -0.1) is 0 Å². The lowest BCUT2D eigenvalue weighted by Crippen LogP contribution is -2.38. The number of nitrogens with zero attached hydrogens (tertiary/aromatic N) is 2. The molecule has 0 fully saturated rings. The van der Waals surface area contributed by atoms with Crippen molar-refractivity contribution in [2.24, 2.45) is 0 Å². The minimum absolute atomic E-state index is 0.0675. The van der Waals surface area contributed by atoms with E-state index in [-0.39, 0.29) is 31.0 Å². The van der Waals surface area contributed by atoms with Crippen LogP contribution in [-0.4, -0.2) is 28.5 Å². The van der Waals surface area contributed by atoms with Gasteiger partial charge >= 0.3 is 6.18 Å². The molecule has 0 aliphatic heterocycles. The topological polar surface area (TPSA) is 59.5 Å². The van der Waals surface area contributed by atoms with Crippen molar-refractivity contribution in [2.75, 3.05) is 6.54 Å². The smallest absolute Gasteiger partial charge is 0.406 e. The molecule has 1 amide bonds. The molecule has 5 nitrogen and oxygen atoms in total. The van der Waals surface area contributed by atoms with Crippen LogP contribution in [-0.2, 0) is 17.8 Å². The number of carbonyl (C=O) groups excluding carboxylic acids is 1. The summed E-state index contributed by atoms with van der Waals surface area (Å²) in [5.74, 6) is 0.448. The first-order chi connectivity index (χ1) is 15.9. The van der Waals surface area contributed by atoms with Crippen LogP contribution in [0.15, 0.2) is 87.9 Å². The molecule has 0 aliphatic carbocycles. The average molecular weight is 454 g/mol. The molecule has 4 aromatic rings. The van der Waals surface area contributed by atoms with Crippen molar-refractivity contribution in [3.8, 4) is 22.6 Å². The third kappa shape index (κ3) is 5.91. The number of aromatic nitrogens is 1. The van der Waals surface area contributed by atoms with Crippen LogP contribution < -0.4 is 0 Å². The lowest BCUT2D eigenvalue weighted by molar-refractivity contribution is -0.162. The molecule has 0 spiro atoms. The molecule has 0 radical (unpaired) electrons. The summed E-state index contributed by atoms with van der Waals surface area (Å²) in [6.07, 6.45) is -3.28. The largest absolute Gasteiger partial charge is 0.467 e. The molecule has 0 N–H and O–H groups in total. The fourth-order valence-electron chi connectivity index (χ4n) is 3.46. The highest BCUT2D eigenvalue weighted by atomic mass is 19.4. The molecule has 33 heavy (non-hydrogen) atoms. The molecule has 0 atom stereocenters. The number of halogens is 3. The van der Waals surface area contributed by atoms with Gasteiger partial charge in [-0.2, -0.15) is 13.2 Å². The fraction of sp³-hybridized carbons (Fsp3) is 0.200. The highest BCUT2D eigenvalue weighted by molar-refractivity contribution is 5.78. The Labute approximate surface area is 188 Å². The summed E-state index contributed by atoms with van der Waals surface area (Å²) < 4.78 is 50.2. The molecule has 2 aromatic heterocycles. The molecular formula is C25H21F3N2O3. The van der Waals surface area contributed by atoms with Gasteiger partial charge in [0.2, 0.25) is 5.91 Å². The van der Waals surface area contributed by atoms with E-state index in [4.69, 9.17) is 8.83 Å². The molecular weight excluding hydrogens is 433 g/mol. The number of hydrogen-bond acceptors (Lipinski definition) is 4. The summed E-state index contributed by atoms with van der Waals surface area (Å²) in [5.41, 5.74) is 2.28. The van der Waals surface area contributed by atoms with Crippen LogP contribution in [0.4, 0.5) is 13.2 Å². The maximum atomic E-state index is 13.0. The van der Waals surface area contributed by atoms with Crippen molar-refractivity contribution < 1.29 is 26.8 Å². The van der Waals surface area contributed by atoms with Crippen LogP contribution in [0, 0.1) is 0 Å². The maximum absolute atomic E-state index is 13.0. The zero-order chi connectivity index (χ0) is 23.3. The number of alkyl halides is 3. The molecule has 0 saturated carbocycles. The van der Waals surface area contributed by atoms with Gasteiger partial charge in [0.15, 0.2) is 11.7 Å². The monoisotopic (exact) mass is 454 g/mol. The Balaban J connectivity index is 1.54. The Hall–Kier alpha value is -3.81. The number of furan rings is 1. The third-order valence-electron chi connectivity index (χ3n) is 4.96. The van der Waals surface area contributed by atoms with Crippen LogP contribution in [0.1, 0.15) is 18.1 Å². The van der Waals surface area contributed by atoms with Gasteiger partial charge in [0, 0.05) is 24.0 Å². The van der Waals surface area contributed by atoms with Crippen LogP contribution in [0.3, 0.4) is 0 Å². The minimum Gasteiger partial charge on any atom is -0.467 e. The number of benzene rings is 2. The van der Waals surface area contributed by atoms with Crippen molar-refractivity contribution in [1.82, 2.24) is 9.88 Å². The van der Waals surface area contributed by atoms with Gasteiger partial charge in [0.05, 0.1) is 12.8 Å². The summed E-state index contributed by atoms with van der Waals surface area (Å²) >= 11 is 0. The molecule has 170 valence electrons. The zero-order valence-electron chi connectivity index (χ0n) is 17.6. The van der Waals surface area contributed by atoms with Gasteiger partial charge in [-0.3, -0.25) is 4.79 Å². The first-order valence-electron chi connectivity index (χ1n) is 10.4. The van der Waals surface area contributed by atoms with Gasteiger partial charge < -0.3 is 13.7 Å². The number of carbonyl (C=O) groups is 1. The first kappa shape index (κ1) is 22.4. The maximum Gasteiger partial charge on any atom is 0.406 e. The van der Waals surface area contributed by atoms with Crippen molar-refractivity contribution in [1.29, 1.82) is 0 Å². The first-order valence-corrected chi connectivity index (χ1v) is 10.4. The Morgan fingerprint density at radius 3 is 2.18 bits per heavy atom. The Kier molecular flexibility index (Phi) is 6.63. The molecule has 0 unspecified atom stereocenters. The Bertz CT molecular complexity index is 1110. The molecule has 2 heterocycles. The number of amides is 1. The SMILES string of the molecule is O=C(CCc1nc(-c2ccccc2)c(-c2ccccc2)o1)N(Cc1ccco1)CC(F)(F)F. The Morgan fingerprint density at radius 1 is 0.909 bits per heavy atom. The molecule has 4 rings (SSSR count). The molecule has 8 heteroatoms. The van der Waals surface area contributed by atoms with E-state index in [0.717, 1.165) is 16.0 Å². The van der Waals surface area contributed by atoms with E-state index >= 15 is 0 Å². The standard InChI is InChI=1S/C25H21F3N2O3/c26-25(27,28)17-30(16-20-12-7-15-32-20)22(31)14-13-21-29-23(18-8-3-1-4-9-18)24(33-21)19-10-5-2-6-11-19/h1-12,15H,13-14,16-17H2. The Morgan fingerprint density at radius 2 is 1.58 bits per heavy atom. The lowest BCUT2D eigenvalue weighted by atomic mass is 10.1. The second kappa shape index (κ2) is 9.77. The summed E-state index contributed by atoms with van der Waals surface area (Å²) in [6.45, 7) is -1.62. The van der Waals surface area contributed by atoms with Crippen molar-refractivity contribution in [3.05, 3.63) is 90.7 Å². The third-order valence-corrected chi connectivity index (χ3v) is 4.96. The normalized spacial score (nSPS) is 11.5. The van der Waals surface area contributed by atoms with E-state index < -0.39 is 18.6 Å². The van der Waals surface area contributed by atoms with E-state index in [1.807, 2.05) is 60.7 Å². The summed E-state index contributed by atoms with van der Waals surface area (Å²) in [4.78, 5) is 18.0. The number of oxazole rings is 1. The van der Waals surface area contributed by atoms with Crippen molar-refractivity contribution in [2.45, 2.75) is 25.6 Å². The van der Waals surface area contributed by atoms with Gasteiger partial charge in [-0.25, -0.2) is 4.98 Å². The van der Waals surface area contributed by atoms with Crippen LogP contribution >= 0.6 is 0 Å². The lowest BCUT2D eigenvalue weighted by Gasteiger charge is -2.22. The predicted octanol–water partition coefficient (Wildman–Crippen LogP) is 6.13. The minimum atomic E-state index is -4.52. The van der Waals surface area contributed by atoms with Crippen molar-refractivity contribution in [3.63, 3.8) is 0 Å². The number of rotatable bonds is 8. The van der Waals surface area contributed by atoms with Gasteiger partial charge in [-0.05, 0) is 12.1 Å². The molecule has 0 bridgehead atoms. The number of hydrogen-bond donors (Lipinski definition) is 0. The average Bonchev–Trinajstić information content (AvgIpc) is 3.47. The highest BCUT2D eigenvalue weighted by Crippen LogP contribution is 2.33. The summed E-state index contributed by atoms with van der Waals surface area (Å²) in [7, 11) is 0. The van der Waals surface area contributed by atoms with Crippen LogP contribution in [0.2, 0.25) is 0 Å². The molecule has 2 aromatic carbocycles. The second-order valence-corrected chi connectivity index (χ2v) is 7.46. The highest BCUT2D eigenvalue weighted by Gasteiger charge is 2.33. The van der Waals surface area contributed by atoms with E-state index in [1.165, 1.54) is 12.3 Å². The van der Waals surface area contributed by atoms with E-state index in [2.05, 4.69) is 4.98 Å². The summed E-state index contributed by atoms with van der Waals surface area (Å²) in [6, 6.07) is 21.9.